The summed E-state index contributed by atoms with van der Waals surface area (Å²) in [5, 5.41) is 8.48. The van der Waals surface area contributed by atoms with Crippen molar-refractivity contribution in [2.24, 2.45) is 0 Å². The van der Waals surface area contributed by atoms with E-state index >= 15 is 0 Å². The van der Waals surface area contributed by atoms with Gasteiger partial charge in [0.25, 0.3) is 0 Å². The SMILES string of the molecule is c1ccc2c(-c3nc(-c4cccc5ccccc45)nc(-c4cccc5c4oc4c5ccc5c6ccccc6oc54)n3)cccc2c1. The molecule has 0 saturated heterocycles. The molecule has 7 aromatic carbocycles. The molecule has 0 atom stereocenters. The molecule has 0 unspecified atom stereocenters. The first-order valence-electron chi connectivity index (χ1n) is 15.3. The Bertz CT molecular complexity index is 2720. The number of furan rings is 2. The van der Waals surface area contributed by atoms with Gasteiger partial charge in [0.15, 0.2) is 28.6 Å². The molecule has 3 aromatic heterocycles. The van der Waals surface area contributed by atoms with Crippen LogP contribution >= 0.6 is 0 Å². The Hall–Kier alpha value is -6.33. The fourth-order valence-electron chi connectivity index (χ4n) is 6.79. The summed E-state index contributed by atoms with van der Waals surface area (Å²) in [6, 6.07) is 47.6. The van der Waals surface area contributed by atoms with Crippen LogP contribution in [-0.4, -0.2) is 15.0 Å². The highest BCUT2D eigenvalue weighted by molar-refractivity contribution is 6.20. The third-order valence-corrected chi connectivity index (χ3v) is 8.95. The summed E-state index contributed by atoms with van der Waals surface area (Å²) in [5.41, 5.74) is 5.70. The van der Waals surface area contributed by atoms with E-state index in [1.165, 1.54) is 0 Å². The van der Waals surface area contributed by atoms with Gasteiger partial charge in [0.05, 0.1) is 5.56 Å². The average Bonchev–Trinajstić information content (AvgIpc) is 3.70. The molecule has 46 heavy (non-hydrogen) atoms. The number of hydrogen-bond donors (Lipinski definition) is 0. The first kappa shape index (κ1) is 25.0. The molecule has 5 heteroatoms. The first-order chi connectivity index (χ1) is 22.8. The van der Waals surface area contributed by atoms with Gasteiger partial charge in [0.1, 0.15) is 11.2 Å². The van der Waals surface area contributed by atoms with E-state index in [0.29, 0.717) is 28.6 Å². The zero-order valence-electron chi connectivity index (χ0n) is 24.4. The molecule has 0 N–H and O–H groups in total. The van der Waals surface area contributed by atoms with Crippen LogP contribution in [0.2, 0.25) is 0 Å². The van der Waals surface area contributed by atoms with Gasteiger partial charge in [-0.1, -0.05) is 115 Å². The zero-order valence-corrected chi connectivity index (χ0v) is 24.4. The van der Waals surface area contributed by atoms with Crippen molar-refractivity contribution < 1.29 is 8.83 Å². The minimum atomic E-state index is 0.548. The van der Waals surface area contributed by atoms with E-state index in [2.05, 4.69) is 84.9 Å². The maximum absolute atomic E-state index is 6.72. The minimum absolute atomic E-state index is 0.548. The second-order valence-corrected chi connectivity index (χ2v) is 11.6. The molecule has 0 bridgehead atoms. The van der Waals surface area contributed by atoms with E-state index in [4.69, 9.17) is 23.8 Å². The van der Waals surface area contributed by atoms with E-state index in [-0.39, 0.29) is 0 Å². The molecule has 10 aromatic rings. The maximum atomic E-state index is 6.72. The Morgan fingerprint density at radius 1 is 0.304 bits per heavy atom. The fraction of sp³-hybridized carbons (Fsp3) is 0. The molecule has 214 valence electrons. The van der Waals surface area contributed by atoms with Gasteiger partial charge in [-0.15, -0.1) is 0 Å². The van der Waals surface area contributed by atoms with Crippen molar-refractivity contribution in [3.05, 3.63) is 140 Å². The van der Waals surface area contributed by atoms with Crippen LogP contribution in [0.1, 0.15) is 0 Å². The standard InChI is InChI=1S/C41H23N3O2/c1-3-14-26-24(10-1)12-7-18-32(26)39-42-40(33-19-8-13-25-11-2-4-15-27(25)33)44-41(43-39)34-20-9-17-29-31-23-22-30-28-16-5-6-21-35(28)45-37(30)38(31)46-36(29)34/h1-23H. The van der Waals surface area contributed by atoms with Crippen LogP contribution in [0.5, 0.6) is 0 Å². The Labute approximate surface area is 262 Å². The predicted octanol–water partition coefficient (Wildman–Crippen LogP) is 11.0. The van der Waals surface area contributed by atoms with Gasteiger partial charge in [-0.3, -0.25) is 0 Å². The second kappa shape index (κ2) is 9.58. The summed E-state index contributed by atoms with van der Waals surface area (Å²) < 4.78 is 13.1. The lowest BCUT2D eigenvalue weighted by Gasteiger charge is -2.11. The lowest BCUT2D eigenvalue weighted by atomic mass is 10.0. The van der Waals surface area contributed by atoms with Crippen molar-refractivity contribution >= 4 is 65.4 Å². The minimum Gasteiger partial charge on any atom is -0.452 e. The lowest BCUT2D eigenvalue weighted by molar-refractivity contribution is 0.633. The van der Waals surface area contributed by atoms with Gasteiger partial charge in [0.2, 0.25) is 0 Å². The monoisotopic (exact) mass is 589 g/mol. The highest BCUT2D eigenvalue weighted by Gasteiger charge is 2.21. The van der Waals surface area contributed by atoms with Crippen molar-refractivity contribution in [3.63, 3.8) is 0 Å². The number of para-hydroxylation sites is 2. The van der Waals surface area contributed by atoms with Crippen LogP contribution in [-0.2, 0) is 0 Å². The molecule has 5 nitrogen and oxygen atoms in total. The smallest absolute Gasteiger partial charge is 0.178 e. The molecule has 0 saturated carbocycles. The fourth-order valence-corrected chi connectivity index (χ4v) is 6.79. The first-order valence-corrected chi connectivity index (χ1v) is 15.3. The molecule has 0 amide bonds. The third kappa shape index (κ3) is 3.66. The quantitative estimate of drug-likeness (QED) is 0.205. The molecule has 3 heterocycles. The molecule has 0 aliphatic rings. The van der Waals surface area contributed by atoms with E-state index in [0.717, 1.165) is 70.9 Å². The van der Waals surface area contributed by atoms with Crippen LogP contribution in [0.4, 0.5) is 0 Å². The maximum Gasteiger partial charge on any atom is 0.178 e. The van der Waals surface area contributed by atoms with Crippen molar-refractivity contribution in [1.29, 1.82) is 0 Å². The topological polar surface area (TPSA) is 65.0 Å². The normalized spacial score (nSPS) is 11.9. The number of nitrogens with zero attached hydrogens (tertiary/aromatic N) is 3. The van der Waals surface area contributed by atoms with Crippen LogP contribution in [0, 0.1) is 0 Å². The van der Waals surface area contributed by atoms with Crippen LogP contribution in [0.25, 0.3) is 99.6 Å². The molecular formula is C41H23N3O2. The third-order valence-electron chi connectivity index (χ3n) is 8.95. The molecule has 0 fully saturated rings. The largest absolute Gasteiger partial charge is 0.452 e. The lowest BCUT2D eigenvalue weighted by Crippen LogP contribution is -2.01. The van der Waals surface area contributed by atoms with Crippen LogP contribution < -0.4 is 0 Å². The molecular weight excluding hydrogens is 566 g/mol. The molecule has 0 aliphatic carbocycles. The van der Waals surface area contributed by atoms with Gasteiger partial charge in [0, 0.05) is 32.7 Å². The summed E-state index contributed by atoms with van der Waals surface area (Å²) in [7, 11) is 0. The molecule has 0 aliphatic heterocycles. The molecule has 0 spiro atoms. The Morgan fingerprint density at radius 3 is 1.41 bits per heavy atom. The Balaban J connectivity index is 1.27. The van der Waals surface area contributed by atoms with Crippen molar-refractivity contribution in [1.82, 2.24) is 15.0 Å². The number of hydrogen-bond acceptors (Lipinski definition) is 5. The van der Waals surface area contributed by atoms with Gasteiger partial charge in [-0.2, -0.15) is 0 Å². The zero-order chi connectivity index (χ0) is 30.2. The van der Waals surface area contributed by atoms with Gasteiger partial charge < -0.3 is 8.83 Å². The van der Waals surface area contributed by atoms with Gasteiger partial charge in [-0.05, 0) is 45.8 Å². The second-order valence-electron chi connectivity index (χ2n) is 11.6. The van der Waals surface area contributed by atoms with E-state index < -0.39 is 0 Å². The summed E-state index contributed by atoms with van der Waals surface area (Å²) in [6.07, 6.45) is 0. The number of fused-ring (bicyclic) bond motifs is 9. The van der Waals surface area contributed by atoms with Crippen molar-refractivity contribution in [3.8, 4) is 34.2 Å². The number of aromatic nitrogens is 3. The summed E-state index contributed by atoms with van der Waals surface area (Å²) in [4.78, 5) is 15.4. The highest BCUT2D eigenvalue weighted by atomic mass is 16.4. The van der Waals surface area contributed by atoms with E-state index in [9.17, 15) is 0 Å². The number of rotatable bonds is 3. The van der Waals surface area contributed by atoms with Gasteiger partial charge >= 0.3 is 0 Å². The van der Waals surface area contributed by atoms with E-state index in [1.54, 1.807) is 0 Å². The molecule has 0 radical (unpaired) electrons. The van der Waals surface area contributed by atoms with E-state index in [1.807, 2.05) is 54.6 Å². The van der Waals surface area contributed by atoms with Gasteiger partial charge in [-0.25, -0.2) is 15.0 Å². The summed E-state index contributed by atoms with van der Waals surface area (Å²) in [5.74, 6) is 1.77. The number of benzene rings is 7. The van der Waals surface area contributed by atoms with Crippen LogP contribution in [0.15, 0.2) is 148 Å². The predicted molar refractivity (Wildman–Crippen MR) is 186 cm³/mol. The van der Waals surface area contributed by atoms with Crippen molar-refractivity contribution in [2.75, 3.05) is 0 Å². The summed E-state index contributed by atoms with van der Waals surface area (Å²) in [6.45, 7) is 0. The molecule has 10 rings (SSSR count). The van der Waals surface area contributed by atoms with Crippen LogP contribution in [0.3, 0.4) is 0 Å². The Morgan fingerprint density at radius 2 is 0.739 bits per heavy atom. The average molecular weight is 590 g/mol. The van der Waals surface area contributed by atoms with Crippen molar-refractivity contribution in [2.45, 2.75) is 0 Å². The highest BCUT2D eigenvalue weighted by Crippen LogP contribution is 2.41. The Kier molecular flexibility index (Phi) is 5.22. The summed E-state index contributed by atoms with van der Waals surface area (Å²) >= 11 is 0.